The fourth-order valence-corrected chi connectivity index (χ4v) is 10.5. The van der Waals surface area contributed by atoms with E-state index < -0.39 is 7.14 Å². The highest BCUT2D eigenvalue weighted by atomic mass is 31.2. The number of benzene rings is 7. The van der Waals surface area contributed by atoms with Gasteiger partial charge in [0.15, 0.2) is 7.14 Å². The van der Waals surface area contributed by atoms with Crippen molar-refractivity contribution < 1.29 is 4.57 Å². The molecular formula is C47H30N3OP. The van der Waals surface area contributed by atoms with Gasteiger partial charge in [0.25, 0.3) is 0 Å². The summed E-state index contributed by atoms with van der Waals surface area (Å²) >= 11 is 0. The number of hydrogen-bond donors (Lipinski definition) is 0. The van der Waals surface area contributed by atoms with Gasteiger partial charge in [0, 0.05) is 72.6 Å². The second kappa shape index (κ2) is 12.1. The van der Waals surface area contributed by atoms with Gasteiger partial charge in [-0.15, -0.1) is 0 Å². The first-order valence-corrected chi connectivity index (χ1v) is 19.1. The summed E-state index contributed by atoms with van der Waals surface area (Å²) in [6, 6.07) is 55.5. The lowest BCUT2D eigenvalue weighted by atomic mass is 9.89. The smallest absolute Gasteiger partial charge is 0.172 e. The van der Waals surface area contributed by atoms with Crippen LogP contribution in [-0.4, -0.2) is 15.0 Å². The Morgan fingerprint density at radius 2 is 0.981 bits per heavy atom. The first-order valence-electron chi connectivity index (χ1n) is 17.4. The van der Waals surface area contributed by atoms with Crippen LogP contribution in [0.4, 0.5) is 0 Å². The molecule has 4 nitrogen and oxygen atoms in total. The first-order chi connectivity index (χ1) is 25.7. The summed E-state index contributed by atoms with van der Waals surface area (Å²) in [6.07, 6.45) is 5.50. The summed E-state index contributed by atoms with van der Waals surface area (Å²) in [6.45, 7) is 0. The molecule has 0 radical (unpaired) electrons. The monoisotopic (exact) mass is 683 g/mol. The number of pyridine rings is 3. The van der Waals surface area contributed by atoms with E-state index in [0.29, 0.717) is 5.30 Å². The molecule has 0 spiro atoms. The molecule has 0 saturated heterocycles. The van der Waals surface area contributed by atoms with E-state index >= 15 is 4.57 Å². The van der Waals surface area contributed by atoms with Crippen LogP contribution < -0.4 is 15.9 Å². The highest BCUT2D eigenvalue weighted by Gasteiger charge is 2.30. The molecule has 10 aromatic rings. The van der Waals surface area contributed by atoms with E-state index in [9.17, 15) is 0 Å². The topological polar surface area (TPSA) is 55.7 Å². The van der Waals surface area contributed by atoms with Crippen molar-refractivity contribution in [2.24, 2.45) is 0 Å². The maximum atomic E-state index is 15.4. The van der Waals surface area contributed by atoms with Crippen LogP contribution in [0.1, 0.15) is 0 Å². The molecule has 0 bridgehead atoms. The number of hydrogen-bond acceptors (Lipinski definition) is 4. The maximum Gasteiger partial charge on any atom is 0.172 e. The molecule has 10 rings (SSSR count). The second-order valence-electron chi connectivity index (χ2n) is 13.1. The van der Waals surface area contributed by atoms with Gasteiger partial charge in [0.1, 0.15) is 0 Å². The predicted molar refractivity (Wildman–Crippen MR) is 218 cm³/mol. The quantitative estimate of drug-likeness (QED) is 0.134. The summed E-state index contributed by atoms with van der Waals surface area (Å²) in [7, 11) is -3.26. The molecule has 52 heavy (non-hydrogen) atoms. The molecule has 0 amide bonds. The van der Waals surface area contributed by atoms with Crippen molar-refractivity contribution in [3.63, 3.8) is 0 Å². The molecule has 7 aromatic carbocycles. The fraction of sp³-hybridized carbons (Fsp3) is 0. The Morgan fingerprint density at radius 3 is 1.67 bits per heavy atom. The largest absolute Gasteiger partial charge is 0.309 e. The molecule has 3 aromatic heterocycles. The molecular weight excluding hydrogens is 654 g/mol. The predicted octanol–water partition coefficient (Wildman–Crippen LogP) is 10.6. The van der Waals surface area contributed by atoms with Crippen LogP contribution in [0, 0.1) is 0 Å². The summed E-state index contributed by atoms with van der Waals surface area (Å²) in [4.78, 5) is 15.4. The van der Waals surface area contributed by atoms with Crippen molar-refractivity contribution in [1.29, 1.82) is 0 Å². The van der Waals surface area contributed by atoms with Gasteiger partial charge in [-0.1, -0.05) is 146 Å². The average molecular weight is 684 g/mol. The van der Waals surface area contributed by atoms with E-state index in [1.807, 2.05) is 85.2 Å². The van der Waals surface area contributed by atoms with E-state index in [1.54, 1.807) is 6.20 Å². The molecule has 5 heteroatoms. The highest BCUT2D eigenvalue weighted by molar-refractivity contribution is 7.85. The molecule has 0 aliphatic heterocycles. The zero-order chi connectivity index (χ0) is 34.6. The zero-order valence-corrected chi connectivity index (χ0v) is 28.9. The molecule has 0 atom stereocenters. The van der Waals surface area contributed by atoms with Crippen LogP contribution in [0.15, 0.2) is 182 Å². The van der Waals surface area contributed by atoms with Crippen LogP contribution in [0.2, 0.25) is 0 Å². The third-order valence-corrected chi connectivity index (χ3v) is 13.2. The minimum atomic E-state index is -3.26. The molecule has 0 unspecified atom stereocenters. The molecule has 3 heterocycles. The van der Waals surface area contributed by atoms with Crippen LogP contribution in [0.5, 0.6) is 0 Å². The Hall–Kier alpha value is -6.48. The molecule has 0 fully saturated rings. The third kappa shape index (κ3) is 4.62. The Kier molecular flexibility index (Phi) is 7.06. The van der Waals surface area contributed by atoms with E-state index in [0.717, 1.165) is 76.3 Å². The van der Waals surface area contributed by atoms with Gasteiger partial charge >= 0.3 is 0 Å². The lowest BCUT2D eigenvalue weighted by Gasteiger charge is -2.21. The Bertz CT molecular complexity index is 2990. The fourth-order valence-electron chi connectivity index (χ4n) is 7.87. The number of aromatic nitrogens is 3. The molecule has 0 saturated carbocycles. The molecule has 0 aliphatic carbocycles. The Labute approximate surface area is 300 Å². The van der Waals surface area contributed by atoms with E-state index in [1.165, 1.54) is 10.8 Å². The van der Waals surface area contributed by atoms with Crippen molar-refractivity contribution in [3.8, 4) is 22.4 Å². The van der Waals surface area contributed by atoms with Crippen LogP contribution in [0.25, 0.3) is 76.5 Å². The lowest BCUT2D eigenvalue weighted by Crippen LogP contribution is -2.25. The van der Waals surface area contributed by atoms with Crippen LogP contribution in [0.3, 0.4) is 0 Å². The number of rotatable bonds is 5. The van der Waals surface area contributed by atoms with E-state index in [-0.39, 0.29) is 0 Å². The van der Waals surface area contributed by atoms with Crippen molar-refractivity contribution >= 4 is 77.2 Å². The summed E-state index contributed by atoms with van der Waals surface area (Å²) in [5.41, 5.74) is 5.58. The van der Waals surface area contributed by atoms with Crippen molar-refractivity contribution in [2.75, 3.05) is 0 Å². The minimum absolute atomic E-state index is 0.678. The van der Waals surface area contributed by atoms with Crippen molar-refractivity contribution in [1.82, 2.24) is 15.0 Å². The van der Waals surface area contributed by atoms with Crippen molar-refractivity contribution in [2.45, 2.75) is 0 Å². The number of nitrogens with zero attached hydrogens (tertiary/aromatic N) is 3. The van der Waals surface area contributed by atoms with Gasteiger partial charge in [0.2, 0.25) is 0 Å². The zero-order valence-electron chi connectivity index (χ0n) is 28.0. The SMILES string of the molecule is O=P(c1ccccc1)(c1ccccc1)c1cncc(-c2cc3c(-c4ccccc4)nc4c5ccccc5c5ccccc5c4c3c3ncccc23)c1. The van der Waals surface area contributed by atoms with E-state index in [4.69, 9.17) is 15.0 Å². The molecule has 0 aliphatic rings. The highest BCUT2D eigenvalue weighted by Crippen LogP contribution is 2.46. The van der Waals surface area contributed by atoms with Gasteiger partial charge in [-0.25, -0.2) is 4.98 Å². The van der Waals surface area contributed by atoms with Gasteiger partial charge in [-0.3, -0.25) is 9.97 Å². The van der Waals surface area contributed by atoms with Crippen LogP contribution in [-0.2, 0) is 4.57 Å². The summed E-state index contributed by atoms with van der Waals surface area (Å²) in [5, 5.41) is 11.0. The van der Waals surface area contributed by atoms with Crippen LogP contribution >= 0.6 is 7.14 Å². The minimum Gasteiger partial charge on any atom is -0.309 e. The normalized spacial score (nSPS) is 11.9. The Morgan fingerprint density at radius 1 is 0.423 bits per heavy atom. The van der Waals surface area contributed by atoms with Gasteiger partial charge in [-0.2, -0.15) is 0 Å². The summed E-state index contributed by atoms with van der Waals surface area (Å²) in [5.74, 6) is 0. The average Bonchev–Trinajstić information content (AvgIpc) is 3.23. The second-order valence-corrected chi connectivity index (χ2v) is 15.9. The maximum absolute atomic E-state index is 15.4. The third-order valence-electron chi connectivity index (χ3n) is 10.2. The van der Waals surface area contributed by atoms with Crippen molar-refractivity contribution in [3.05, 3.63) is 182 Å². The first kappa shape index (κ1) is 30.4. The molecule has 244 valence electrons. The molecule has 0 N–H and O–H groups in total. The Balaban J connectivity index is 1.34. The lowest BCUT2D eigenvalue weighted by molar-refractivity contribution is 0.592. The van der Waals surface area contributed by atoms with Gasteiger partial charge in [0.05, 0.1) is 16.7 Å². The van der Waals surface area contributed by atoms with Gasteiger partial charge in [-0.05, 0) is 39.9 Å². The van der Waals surface area contributed by atoms with Gasteiger partial charge < -0.3 is 4.57 Å². The number of fused-ring (bicyclic) bond motifs is 10. The summed E-state index contributed by atoms with van der Waals surface area (Å²) < 4.78 is 15.4. The van der Waals surface area contributed by atoms with E-state index in [2.05, 4.69) is 91.0 Å². The standard InChI is InChI=1S/C47H30N3OP/c51-52(33-17-6-2-7-18-33,34-19-8-3-9-20-34)35-27-32(29-48-30-35)41-28-42-44(46-40(41)25-14-26-49-46)43-38-23-12-10-21-36(38)37-22-11-13-24-39(37)47(43)50-45(42)31-15-4-1-5-16-31/h1-30H.